The molecule has 3 aromatic rings. The molecule has 0 spiro atoms. The van der Waals surface area contributed by atoms with Crippen LogP contribution >= 0.6 is 11.3 Å². The number of anilines is 2. The number of ether oxygens (including phenoxy) is 4. The predicted octanol–water partition coefficient (Wildman–Crippen LogP) is 4.37. The number of carbonyl (C=O) groups is 2. The van der Waals surface area contributed by atoms with E-state index < -0.39 is 5.92 Å². The van der Waals surface area contributed by atoms with E-state index in [2.05, 4.69) is 0 Å². The molecule has 1 aromatic heterocycles. The van der Waals surface area contributed by atoms with Gasteiger partial charge in [0.1, 0.15) is 5.75 Å². The van der Waals surface area contributed by atoms with Crippen molar-refractivity contribution in [1.82, 2.24) is 0 Å². The molecule has 184 valence electrons. The van der Waals surface area contributed by atoms with Gasteiger partial charge in [-0.3, -0.25) is 9.59 Å². The van der Waals surface area contributed by atoms with Crippen LogP contribution in [0.15, 0.2) is 53.9 Å². The molecule has 2 aromatic carbocycles. The number of nitrogens with zero attached hydrogens (tertiary/aromatic N) is 2. The first kappa shape index (κ1) is 24.4. The Morgan fingerprint density at radius 2 is 1.69 bits per heavy atom. The van der Waals surface area contributed by atoms with Gasteiger partial charge < -0.3 is 28.7 Å². The molecule has 1 unspecified atom stereocenters. The highest BCUT2D eigenvalue weighted by molar-refractivity contribution is 7.09. The molecule has 0 N–H and O–H groups in total. The molecule has 8 nitrogen and oxygen atoms in total. The molecule has 35 heavy (non-hydrogen) atoms. The number of amides is 2. The van der Waals surface area contributed by atoms with E-state index in [1.165, 1.54) is 21.3 Å². The first-order valence-electron chi connectivity index (χ1n) is 11.1. The molecule has 0 bridgehead atoms. The van der Waals surface area contributed by atoms with E-state index in [1.54, 1.807) is 40.4 Å². The maximum Gasteiger partial charge on any atom is 0.232 e. The fraction of sp³-hybridized carbons (Fsp3) is 0.308. The Morgan fingerprint density at radius 1 is 1.00 bits per heavy atom. The Hall–Kier alpha value is -3.72. The molecule has 1 aliphatic heterocycles. The lowest BCUT2D eigenvalue weighted by molar-refractivity contribution is -0.124. The maximum atomic E-state index is 13.7. The SMILES string of the molecule is COc1ccc(N(Cc2cccs2)C(=O)C2CC(=O)N(c3cc(OC)c(OC)c(OC)c3)C2)cc1. The number of hydrogen-bond donors (Lipinski definition) is 0. The summed E-state index contributed by atoms with van der Waals surface area (Å²) >= 11 is 1.59. The zero-order valence-corrected chi connectivity index (χ0v) is 21.0. The number of hydrogen-bond acceptors (Lipinski definition) is 7. The van der Waals surface area contributed by atoms with Crippen molar-refractivity contribution in [2.24, 2.45) is 5.92 Å². The van der Waals surface area contributed by atoms with Crippen LogP contribution in [0, 0.1) is 5.92 Å². The average molecular weight is 497 g/mol. The third-order valence-corrected chi connectivity index (χ3v) is 6.84. The summed E-state index contributed by atoms with van der Waals surface area (Å²) < 4.78 is 21.5. The molecule has 1 fully saturated rings. The molecule has 4 rings (SSSR count). The van der Waals surface area contributed by atoms with Crippen LogP contribution in [0.3, 0.4) is 0 Å². The van der Waals surface area contributed by atoms with Crippen molar-refractivity contribution in [3.63, 3.8) is 0 Å². The summed E-state index contributed by atoms with van der Waals surface area (Å²) in [7, 11) is 6.18. The highest BCUT2D eigenvalue weighted by Gasteiger charge is 2.38. The lowest BCUT2D eigenvalue weighted by Gasteiger charge is -2.26. The van der Waals surface area contributed by atoms with Gasteiger partial charge in [0.05, 0.1) is 46.6 Å². The second-order valence-electron chi connectivity index (χ2n) is 7.99. The molecule has 9 heteroatoms. The fourth-order valence-electron chi connectivity index (χ4n) is 4.18. The average Bonchev–Trinajstić information content (AvgIpc) is 3.55. The standard InChI is InChI=1S/C26H28N2O6S/c1-31-20-9-7-18(8-10-20)28(16-21-6-5-11-35-21)26(30)17-12-24(29)27(15-17)19-13-22(32-2)25(34-4)23(14-19)33-3/h5-11,13-14,17H,12,15-16H2,1-4H3. The van der Waals surface area contributed by atoms with Crippen molar-refractivity contribution < 1.29 is 28.5 Å². The summed E-state index contributed by atoms with van der Waals surface area (Å²) in [5, 5.41) is 1.98. The molecular formula is C26H28N2O6S. The van der Waals surface area contributed by atoms with Crippen LogP contribution in [0.4, 0.5) is 11.4 Å². The predicted molar refractivity (Wildman–Crippen MR) is 135 cm³/mol. The zero-order chi connectivity index (χ0) is 24.9. The first-order chi connectivity index (χ1) is 17.0. The van der Waals surface area contributed by atoms with Crippen molar-refractivity contribution in [3.8, 4) is 23.0 Å². The molecular weight excluding hydrogens is 468 g/mol. The second-order valence-corrected chi connectivity index (χ2v) is 9.02. The van der Waals surface area contributed by atoms with Gasteiger partial charge in [-0.1, -0.05) is 6.07 Å². The molecule has 1 saturated heterocycles. The molecule has 0 saturated carbocycles. The highest BCUT2D eigenvalue weighted by atomic mass is 32.1. The van der Waals surface area contributed by atoms with Crippen LogP contribution < -0.4 is 28.7 Å². The summed E-state index contributed by atoms with van der Waals surface area (Å²) in [6.07, 6.45) is 0.118. The maximum absolute atomic E-state index is 13.7. The van der Waals surface area contributed by atoms with E-state index in [9.17, 15) is 9.59 Å². The zero-order valence-electron chi connectivity index (χ0n) is 20.1. The van der Waals surface area contributed by atoms with E-state index in [4.69, 9.17) is 18.9 Å². The normalized spacial score (nSPS) is 15.1. The van der Waals surface area contributed by atoms with Gasteiger partial charge in [0, 0.05) is 35.7 Å². The largest absolute Gasteiger partial charge is 0.497 e. The van der Waals surface area contributed by atoms with Crippen LogP contribution in [-0.2, 0) is 16.1 Å². The monoisotopic (exact) mass is 496 g/mol. The minimum Gasteiger partial charge on any atom is -0.497 e. The van der Waals surface area contributed by atoms with Gasteiger partial charge in [0.15, 0.2) is 11.5 Å². The Morgan fingerprint density at radius 3 is 2.23 bits per heavy atom. The van der Waals surface area contributed by atoms with Crippen molar-refractivity contribution in [2.45, 2.75) is 13.0 Å². The molecule has 0 aliphatic carbocycles. The smallest absolute Gasteiger partial charge is 0.232 e. The third-order valence-electron chi connectivity index (χ3n) is 5.98. The Bertz CT molecular complexity index is 1150. The molecule has 1 aliphatic rings. The third kappa shape index (κ3) is 5.05. The summed E-state index contributed by atoms with van der Waals surface area (Å²) in [5.74, 6) is 1.31. The van der Waals surface area contributed by atoms with E-state index >= 15 is 0 Å². The molecule has 2 heterocycles. The van der Waals surface area contributed by atoms with E-state index in [0.29, 0.717) is 35.2 Å². The van der Waals surface area contributed by atoms with Gasteiger partial charge in [-0.05, 0) is 35.7 Å². The number of methoxy groups -OCH3 is 4. The number of carbonyl (C=O) groups excluding carboxylic acids is 2. The topological polar surface area (TPSA) is 77.5 Å². The lowest BCUT2D eigenvalue weighted by Crippen LogP contribution is -2.37. The van der Waals surface area contributed by atoms with Crippen molar-refractivity contribution in [2.75, 3.05) is 44.8 Å². The van der Waals surface area contributed by atoms with Gasteiger partial charge in [0.25, 0.3) is 0 Å². The van der Waals surface area contributed by atoms with Crippen LogP contribution in [-0.4, -0.2) is 46.8 Å². The minimum atomic E-state index is -0.497. The van der Waals surface area contributed by atoms with E-state index in [-0.39, 0.29) is 24.8 Å². The van der Waals surface area contributed by atoms with Crippen molar-refractivity contribution in [3.05, 3.63) is 58.8 Å². The molecule has 0 radical (unpaired) electrons. The van der Waals surface area contributed by atoms with E-state index in [1.807, 2.05) is 41.8 Å². The summed E-state index contributed by atoms with van der Waals surface area (Å²) in [6, 6.07) is 14.8. The number of benzene rings is 2. The van der Waals surface area contributed by atoms with Crippen molar-refractivity contribution >= 4 is 34.5 Å². The number of rotatable bonds is 9. The highest BCUT2D eigenvalue weighted by Crippen LogP contribution is 2.42. The van der Waals surface area contributed by atoms with Crippen LogP contribution in [0.25, 0.3) is 0 Å². The summed E-state index contributed by atoms with van der Waals surface area (Å²) in [4.78, 5) is 31.2. The Kier molecular flexibility index (Phi) is 7.45. The second kappa shape index (κ2) is 10.7. The summed E-state index contributed by atoms with van der Waals surface area (Å²) in [5.41, 5.74) is 1.34. The number of thiophene rings is 1. The van der Waals surface area contributed by atoms with Gasteiger partial charge in [-0.15, -0.1) is 11.3 Å². The van der Waals surface area contributed by atoms with Gasteiger partial charge in [-0.25, -0.2) is 0 Å². The summed E-state index contributed by atoms with van der Waals surface area (Å²) in [6.45, 7) is 0.686. The van der Waals surface area contributed by atoms with Gasteiger partial charge >= 0.3 is 0 Å². The minimum absolute atomic E-state index is 0.105. The van der Waals surface area contributed by atoms with Crippen molar-refractivity contribution in [1.29, 1.82) is 0 Å². The first-order valence-corrected chi connectivity index (χ1v) is 11.9. The Balaban J connectivity index is 1.61. The van der Waals surface area contributed by atoms with Crippen LogP contribution in [0.5, 0.6) is 23.0 Å². The lowest BCUT2D eigenvalue weighted by atomic mass is 10.1. The molecule has 1 atom stereocenters. The van der Waals surface area contributed by atoms with Crippen LogP contribution in [0.1, 0.15) is 11.3 Å². The fourth-order valence-corrected chi connectivity index (χ4v) is 4.88. The molecule has 2 amide bonds. The van der Waals surface area contributed by atoms with Crippen LogP contribution in [0.2, 0.25) is 0 Å². The Labute approximate surface area is 208 Å². The van der Waals surface area contributed by atoms with E-state index in [0.717, 1.165) is 10.6 Å². The van der Waals surface area contributed by atoms with Gasteiger partial charge in [-0.2, -0.15) is 0 Å². The quantitative estimate of drug-likeness (QED) is 0.438. The van der Waals surface area contributed by atoms with Gasteiger partial charge in [0.2, 0.25) is 17.6 Å².